The SMILES string of the molecule is O=S1(=O)CC(Nc2cnnc(Cl)c2)C1. The molecule has 7 heteroatoms. The molecule has 0 saturated carbocycles. The second-order valence-corrected chi connectivity index (χ2v) is 5.73. The van der Waals surface area contributed by atoms with E-state index in [0.717, 1.165) is 0 Å². The number of aromatic nitrogens is 2. The summed E-state index contributed by atoms with van der Waals surface area (Å²) in [7, 11) is -2.79. The second kappa shape index (κ2) is 3.36. The van der Waals surface area contributed by atoms with E-state index in [1.54, 1.807) is 6.07 Å². The Morgan fingerprint density at radius 1 is 1.50 bits per heavy atom. The summed E-state index contributed by atoms with van der Waals surface area (Å²) in [4.78, 5) is 0. The van der Waals surface area contributed by atoms with E-state index < -0.39 is 9.84 Å². The van der Waals surface area contributed by atoms with Crippen molar-refractivity contribution >= 4 is 27.1 Å². The monoisotopic (exact) mass is 233 g/mol. The van der Waals surface area contributed by atoms with Crippen molar-refractivity contribution in [1.29, 1.82) is 0 Å². The number of nitrogens with one attached hydrogen (secondary N) is 1. The maximum Gasteiger partial charge on any atom is 0.154 e. The highest BCUT2D eigenvalue weighted by molar-refractivity contribution is 7.92. The van der Waals surface area contributed by atoms with Crippen molar-refractivity contribution < 1.29 is 8.42 Å². The summed E-state index contributed by atoms with van der Waals surface area (Å²) in [6.07, 6.45) is 1.51. The van der Waals surface area contributed by atoms with Gasteiger partial charge in [-0.25, -0.2) is 8.42 Å². The van der Waals surface area contributed by atoms with E-state index in [1.807, 2.05) is 0 Å². The Balaban J connectivity index is 2.00. The molecule has 1 aliphatic heterocycles. The van der Waals surface area contributed by atoms with Crippen LogP contribution in [0.25, 0.3) is 0 Å². The molecule has 1 N–H and O–H groups in total. The fraction of sp³-hybridized carbons (Fsp3) is 0.429. The minimum Gasteiger partial charge on any atom is -0.379 e. The predicted octanol–water partition coefficient (Wildman–Crippen LogP) is 0.339. The van der Waals surface area contributed by atoms with Crippen molar-refractivity contribution in [3.63, 3.8) is 0 Å². The number of hydrogen-bond acceptors (Lipinski definition) is 5. The molecule has 2 rings (SSSR count). The third-order valence-electron chi connectivity index (χ3n) is 1.91. The van der Waals surface area contributed by atoms with Gasteiger partial charge in [-0.2, -0.15) is 5.10 Å². The molecule has 1 fully saturated rings. The van der Waals surface area contributed by atoms with Gasteiger partial charge in [0.05, 0.1) is 29.4 Å². The third-order valence-corrected chi connectivity index (χ3v) is 3.91. The number of anilines is 1. The number of nitrogens with zero attached hydrogens (tertiary/aromatic N) is 2. The topological polar surface area (TPSA) is 72.0 Å². The molecule has 0 aliphatic carbocycles. The lowest BCUT2D eigenvalue weighted by atomic mass is 10.3. The maximum atomic E-state index is 10.9. The van der Waals surface area contributed by atoms with Gasteiger partial charge in [-0.3, -0.25) is 0 Å². The summed E-state index contributed by atoms with van der Waals surface area (Å²) in [5.74, 6) is 0.347. The zero-order chi connectivity index (χ0) is 10.2. The number of rotatable bonds is 2. The molecule has 0 bridgehead atoms. The first kappa shape index (κ1) is 9.67. The van der Waals surface area contributed by atoms with E-state index in [2.05, 4.69) is 15.5 Å². The summed E-state index contributed by atoms with van der Waals surface area (Å²) in [6, 6.07) is 1.58. The quantitative estimate of drug-likeness (QED) is 0.798. The van der Waals surface area contributed by atoms with Crippen LogP contribution in [0.2, 0.25) is 5.15 Å². The molecule has 1 aliphatic rings. The second-order valence-electron chi connectivity index (χ2n) is 3.19. The highest BCUT2D eigenvalue weighted by Crippen LogP contribution is 2.17. The van der Waals surface area contributed by atoms with Gasteiger partial charge in [-0.05, 0) is 0 Å². The largest absolute Gasteiger partial charge is 0.379 e. The van der Waals surface area contributed by atoms with Gasteiger partial charge in [-0.1, -0.05) is 11.6 Å². The molecule has 0 unspecified atom stereocenters. The van der Waals surface area contributed by atoms with Crippen molar-refractivity contribution in [1.82, 2.24) is 10.2 Å². The molecule has 2 heterocycles. The zero-order valence-corrected chi connectivity index (χ0v) is 8.72. The summed E-state index contributed by atoms with van der Waals surface area (Å²) in [5, 5.41) is 10.5. The van der Waals surface area contributed by atoms with Crippen molar-refractivity contribution in [2.75, 3.05) is 16.8 Å². The van der Waals surface area contributed by atoms with Crippen molar-refractivity contribution in [3.05, 3.63) is 17.4 Å². The molecule has 5 nitrogen and oxygen atoms in total. The molecular formula is C7H8ClN3O2S. The molecule has 1 aromatic rings. The van der Waals surface area contributed by atoms with Crippen LogP contribution in [-0.4, -0.2) is 36.2 Å². The molecule has 0 spiro atoms. The molecular weight excluding hydrogens is 226 g/mol. The summed E-state index contributed by atoms with van der Waals surface area (Å²) in [6.45, 7) is 0. The Morgan fingerprint density at radius 3 is 2.79 bits per heavy atom. The Labute approximate surface area is 86.4 Å². The van der Waals surface area contributed by atoms with Crippen LogP contribution >= 0.6 is 11.6 Å². The first-order valence-corrected chi connectivity index (χ1v) is 6.20. The molecule has 0 aromatic carbocycles. The van der Waals surface area contributed by atoms with Crippen LogP contribution in [0.3, 0.4) is 0 Å². The Bertz CT molecular complexity index is 436. The summed E-state index contributed by atoms with van der Waals surface area (Å²) < 4.78 is 21.7. The van der Waals surface area contributed by atoms with Gasteiger partial charge < -0.3 is 5.32 Å². The van der Waals surface area contributed by atoms with Crippen molar-refractivity contribution in [2.24, 2.45) is 0 Å². The van der Waals surface area contributed by atoms with Gasteiger partial charge in [0, 0.05) is 6.07 Å². The molecule has 76 valence electrons. The Hall–Kier alpha value is -0.880. The van der Waals surface area contributed by atoms with Crippen LogP contribution in [0, 0.1) is 0 Å². The predicted molar refractivity (Wildman–Crippen MR) is 53.1 cm³/mol. The van der Waals surface area contributed by atoms with Gasteiger partial charge >= 0.3 is 0 Å². The van der Waals surface area contributed by atoms with E-state index >= 15 is 0 Å². The fourth-order valence-electron chi connectivity index (χ4n) is 1.30. The van der Waals surface area contributed by atoms with Gasteiger partial charge in [0.25, 0.3) is 0 Å². The lowest BCUT2D eigenvalue weighted by molar-refractivity contribution is 0.570. The average molecular weight is 234 g/mol. The summed E-state index contributed by atoms with van der Waals surface area (Å²) in [5.41, 5.74) is 0.699. The standard InChI is InChI=1S/C7H8ClN3O2S/c8-7-1-5(2-9-11-7)10-6-3-14(12,13)4-6/h1-2,6H,3-4H2,(H,10,11). The van der Waals surface area contributed by atoms with E-state index in [4.69, 9.17) is 11.6 Å². The van der Waals surface area contributed by atoms with E-state index in [-0.39, 0.29) is 22.7 Å². The molecule has 0 atom stereocenters. The Morgan fingerprint density at radius 2 is 2.21 bits per heavy atom. The molecule has 1 aromatic heterocycles. The minimum atomic E-state index is -2.79. The van der Waals surface area contributed by atoms with Crippen molar-refractivity contribution in [2.45, 2.75) is 6.04 Å². The van der Waals surface area contributed by atoms with Crippen LogP contribution in [0.4, 0.5) is 5.69 Å². The highest BCUT2D eigenvalue weighted by Gasteiger charge is 2.33. The van der Waals surface area contributed by atoms with Crippen LogP contribution in [0.15, 0.2) is 12.3 Å². The highest BCUT2D eigenvalue weighted by atomic mass is 35.5. The van der Waals surface area contributed by atoms with Gasteiger partial charge in [0.15, 0.2) is 15.0 Å². The first-order valence-electron chi connectivity index (χ1n) is 4.00. The normalized spacial score (nSPS) is 20.1. The van der Waals surface area contributed by atoms with Gasteiger partial charge in [-0.15, -0.1) is 5.10 Å². The fourth-order valence-corrected chi connectivity index (χ4v) is 2.76. The summed E-state index contributed by atoms with van der Waals surface area (Å²) >= 11 is 5.61. The van der Waals surface area contributed by atoms with Crippen LogP contribution < -0.4 is 5.32 Å². The molecule has 1 saturated heterocycles. The van der Waals surface area contributed by atoms with E-state index in [9.17, 15) is 8.42 Å². The number of halogens is 1. The Kier molecular flexibility index (Phi) is 2.32. The maximum absolute atomic E-state index is 10.9. The van der Waals surface area contributed by atoms with Gasteiger partial charge in [0.2, 0.25) is 0 Å². The number of hydrogen-bond donors (Lipinski definition) is 1. The lowest BCUT2D eigenvalue weighted by Gasteiger charge is -2.27. The van der Waals surface area contributed by atoms with Crippen LogP contribution in [0.5, 0.6) is 0 Å². The number of sulfone groups is 1. The molecule has 0 radical (unpaired) electrons. The van der Waals surface area contributed by atoms with E-state index in [1.165, 1.54) is 6.20 Å². The minimum absolute atomic E-state index is 0.0275. The van der Waals surface area contributed by atoms with Crippen molar-refractivity contribution in [3.8, 4) is 0 Å². The third kappa shape index (κ3) is 2.13. The molecule has 0 amide bonds. The first-order chi connectivity index (χ1) is 6.55. The molecule has 14 heavy (non-hydrogen) atoms. The van der Waals surface area contributed by atoms with Crippen LogP contribution in [-0.2, 0) is 9.84 Å². The van der Waals surface area contributed by atoms with Crippen LogP contribution in [0.1, 0.15) is 0 Å². The average Bonchev–Trinajstić information content (AvgIpc) is 2.00. The zero-order valence-electron chi connectivity index (χ0n) is 7.14. The van der Waals surface area contributed by atoms with E-state index in [0.29, 0.717) is 5.69 Å². The smallest absolute Gasteiger partial charge is 0.154 e. The lowest BCUT2D eigenvalue weighted by Crippen LogP contribution is -2.46. The van der Waals surface area contributed by atoms with Gasteiger partial charge in [0.1, 0.15) is 0 Å².